The molecule has 2 atom stereocenters. The van der Waals surface area contributed by atoms with Crippen LogP contribution in [0.2, 0.25) is 0 Å². The summed E-state index contributed by atoms with van der Waals surface area (Å²) in [7, 11) is 0. The van der Waals surface area contributed by atoms with E-state index in [-0.39, 0.29) is 0 Å². The van der Waals surface area contributed by atoms with Crippen molar-refractivity contribution in [3.63, 3.8) is 0 Å². The summed E-state index contributed by atoms with van der Waals surface area (Å²) in [5, 5.41) is 3.57. The second-order valence-electron chi connectivity index (χ2n) is 5.15. The first-order chi connectivity index (χ1) is 9.34. The smallest absolute Gasteiger partial charge is 0.132 e. The van der Waals surface area contributed by atoms with Gasteiger partial charge in [0.05, 0.1) is 0 Å². The second kappa shape index (κ2) is 5.45. The first kappa shape index (κ1) is 12.2. The molecule has 1 aliphatic rings. The highest BCUT2D eigenvalue weighted by Gasteiger charge is 2.26. The Labute approximate surface area is 114 Å². The van der Waals surface area contributed by atoms with Crippen molar-refractivity contribution in [3.05, 3.63) is 60.2 Å². The fraction of sp³-hybridized carbons (Fsp3) is 0.294. The summed E-state index contributed by atoms with van der Waals surface area (Å²) in [5.74, 6) is 2.50. The predicted molar refractivity (Wildman–Crippen MR) is 77.5 cm³/mol. The molecule has 1 aliphatic heterocycles. The topological polar surface area (TPSA) is 21.3 Å². The number of hydrogen-bond acceptors (Lipinski definition) is 2. The molecule has 1 N–H and O–H groups in total. The molecule has 0 radical (unpaired) electrons. The molecular formula is C17H19NO. The molecule has 0 saturated carbocycles. The molecule has 2 nitrogen and oxygen atoms in total. The molecular weight excluding hydrogens is 234 g/mol. The number of benzene rings is 2. The van der Waals surface area contributed by atoms with Crippen molar-refractivity contribution in [1.29, 1.82) is 0 Å². The highest BCUT2D eigenvalue weighted by Crippen LogP contribution is 2.36. The van der Waals surface area contributed by atoms with Crippen LogP contribution in [0.3, 0.4) is 0 Å². The quantitative estimate of drug-likeness (QED) is 0.887. The van der Waals surface area contributed by atoms with Crippen molar-refractivity contribution in [1.82, 2.24) is 5.32 Å². The van der Waals surface area contributed by atoms with E-state index in [2.05, 4.69) is 30.4 Å². The lowest BCUT2D eigenvalue weighted by Crippen LogP contribution is -2.17. The Kier molecular flexibility index (Phi) is 3.51. The van der Waals surface area contributed by atoms with Gasteiger partial charge in [-0.05, 0) is 37.1 Å². The number of hydrogen-bond donors (Lipinski definition) is 1. The number of rotatable bonds is 3. The van der Waals surface area contributed by atoms with Gasteiger partial charge in [-0.1, -0.05) is 43.3 Å². The van der Waals surface area contributed by atoms with E-state index in [0.29, 0.717) is 12.0 Å². The van der Waals surface area contributed by atoms with E-state index in [0.717, 1.165) is 18.0 Å². The van der Waals surface area contributed by atoms with E-state index < -0.39 is 0 Å². The zero-order valence-electron chi connectivity index (χ0n) is 11.2. The summed E-state index contributed by atoms with van der Waals surface area (Å²) in [6.07, 6.45) is 1.23. The molecule has 0 aromatic heterocycles. The Morgan fingerprint density at radius 1 is 1.00 bits per heavy atom. The maximum atomic E-state index is 6.03. The summed E-state index contributed by atoms with van der Waals surface area (Å²) >= 11 is 0. The molecule has 1 heterocycles. The van der Waals surface area contributed by atoms with Gasteiger partial charge >= 0.3 is 0 Å². The van der Waals surface area contributed by atoms with Gasteiger partial charge in [0.2, 0.25) is 0 Å². The number of ether oxygens (including phenoxy) is 1. The predicted octanol–water partition coefficient (Wildman–Crippen LogP) is 4.15. The van der Waals surface area contributed by atoms with Crippen molar-refractivity contribution < 1.29 is 4.74 Å². The molecule has 0 bridgehead atoms. The maximum Gasteiger partial charge on any atom is 0.132 e. The fourth-order valence-corrected chi connectivity index (χ4v) is 2.70. The van der Waals surface area contributed by atoms with Crippen LogP contribution >= 0.6 is 0 Å². The zero-order chi connectivity index (χ0) is 13.1. The standard InChI is InChI=1S/C17H19NO/c1-13-11-12-18-17(13)15-9-5-6-10-16(15)19-14-7-3-2-4-8-14/h2-10,13,17-18H,11-12H2,1H3. The number of nitrogens with one attached hydrogen (secondary N) is 1. The average molecular weight is 253 g/mol. The minimum absolute atomic E-state index is 0.403. The van der Waals surface area contributed by atoms with Gasteiger partial charge in [0.1, 0.15) is 11.5 Å². The first-order valence-corrected chi connectivity index (χ1v) is 6.90. The number of para-hydroxylation sites is 2. The summed E-state index contributed by atoms with van der Waals surface area (Å²) in [6, 6.07) is 18.7. The van der Waals surface area contributed by atoms with Crippen molar-refractivity contribution >= 4 is 0 Å². The molecule has 2 aromatic rings. The van der Waals surface area contributed by atoms with Gasteiger partial charge in [-0.25, -0.2) is 0 Å². The van der Waals surface area contributed by atoms with Gasteiger partial charge in [0, 0.05) is 11.6 Å². The van der Waals surface area contributed by atoms with Crippen LogP contribution in [0.1, 0.15) is 24.9 Å². The lowest BCUT2D eigenvalue weighted by atomic mass is 9.95. The Hall–Kier alpha value is -1.80. The average Bonchev–Trinajstić information content (AvgIpc) is 2.87. The molecule has 1 fully saturated rings. The SMILES string of the molecule is CC1CCNC1c1ccccc1Oc1ccccc1. The Morgan fingerprint density at radius 2 is 1.74 bits per heavy atom. The normalized spacial score (nSPS) is 22.4. The zero-order valence-corrected chi connectivity index (χ0v) is 11.2. The van der Waals surface area contributed by atoms with Gasteiger partial charge in [0.25, 0.3) is 0 Å². The monoisotopic (exact) mass is 253 g/mol. The lowest BCUT2D eigenvalue weighted by molar-refractivity contribution is 0.443. The lowest BCUT2D eigenvalue weighted by Gasteiger charge is -2.19. The summed E-state index contributed by atoms with van der Waals surface area (Å²) in [5.41, 5.74) is 1.26. The minimum atomic E-state index is 0.403. The molecule has 2 aromatic carbocycles. The van der Waals surface area contributed by atoms with Crippen molar-refractivity contribution in [2.75, 3.05) is 6.54 Å². The molecule has 98 valence electrons. The molecule has 0 spiro atoms. The third-order valence-electron chi connectivity index (χ3n) is 3.76. The van der Waals surface area contributed by atoms with Gasteiger partial charge in [0.15, 0.2) is 0 Å². The van der Waals surface area contributed by atoms with Crippen molar-refractivity contribution in [2.45, 2.75) is 19.4 Å². The third kappa shape index (κ3) is 2.64. The molecule has 0 amide bonds. The van der Waals surface area contributed by atoms with Gasteiger partial charge in [-0.15, -0.1) is 0 Å². The van der Waals surface area contributed by atoms with Crippen LogP contribution in [0, 0.1) is 5.92 Å². The maximum absolute atomic E-state index is 6.03. The largest absolute Gasteiger partial charge is 0.457 e. The van der Waals surface area contributed by atoms with E-state index in [1.165, 1.54) is 12.0 Å². The van der Waals surface area contributed by atoms with Crippen molar-refractivity contribution in [3.8, 4) is 11.5 Å². The van der Waals surface area contributed by atoms with E-state index >= 15 is 0 Å². The van der Waals surface area contributed by atoms with Crippen LogP contribution in [0.5, 0.6) is 11.5 Å². The van der Waals surface area contributed by atoms with Gasteiger partial charge < -0.3 is 10.1 Å². The highest BCUT2D eigenvalue weighted by molar-refractivity contribution is 5.40. The van der Waals surface area contributed by atoms with E-state index in [9.17, 15) is 0 Å². The molecule has 3 rings (SSSR count). The van der Waals surface area contributed by atoms with Crippen LogP contribution in [-0.2, 0) is 0 Å². The summed E-state index contributed by atoms with van der Waals surface area (Å²) in [6.45, 7) is 3.38. The molecule has 2 heteroatoms. The van der Waals surface area contributed by atoms with Gasteiger partial charge in [-0.2, -0.15) is 0 Å². The fourth-order valence-electron chi connectivity index (χ4n) is 2.70. The highest BCUT2D eigenvalue weighted by atomic mass is 16.5. The van der Waals surface area contributed by atoms with Gasteiger partial charge in [-0.3, -0.25) is 0 Å². The minimum Gasteiger partial charge on any atom is -0.457 e. The molecule has 2 unspecified atom stereocenters. The van der Waals surface area contributed by atoms with E-state index in [1.807, 2.05) is 36.4 Å². The Morgan fingerprint density at radius 3 is 2.47 bits per heavy atom. The van der Waals surface area contributed by atoms with E-state index in [4.69, 9.17) is 4.74 Å². The molecule has 1 saturated heterocycles. The molecule has 19 heavy (non-hydrogen) atoms. The third-order valence-corrected chi connectivity index (χ3v) is 3.76. The summed E-state index contributed by atoms with van der Waals surface area (Å²) in [4.78, 5) is 0. The first-order valence-electron chi connectivity index (χ1n) is 6.90. The van der Waals surface area contributed by atoms with E-state index in [1.54, 1.807) is 0 Å². The Balaban J connectivity index is 1.89. The van der Waals surface area contributed by atoms with Crippen LogP contribution in [0.4, 0.5) is 0 Å². The van der Waals surface area contributed by atoms with Crippen LogP contribution < -0.4 is 10.1 Å². The van der Waals surface area contributed by atoms with Crippen LogP contribution in [-0.4, -0.2) is 6.54 Å². The van der Waals surface area contributed by atoms with Crippen molar-refractivity contribution in [2.24, 2.45) is 5.92 Å². The second-order valence-corrected chi connectivity index (χ2v) is 5.15. The van der Waals surface area contributed by atoms with Crippen LogP contribution in [0.15, 0.2) is 54.6 Å². The van der Waals surface area contributed by atoms with Crippen LogP contribution in [0.25, 0.3) is 0 Å². The summed E-state index contributed by atoms with van der Waals surface area (Å²) < 4.78 is 6.03. The molecule has 0 aliphatic carbocycles. The Bertz CT molecular complexity index is 538.